The summed E-state index contributed by atoms with van der Waals surface area (Å²) < 4.78 is 0. The normalized spacial score (nSPS) is 25.1. The van der Waals surface area contributed by atoms with E-state index in [9.17, 15) is 14.7 Å². The zero-order chi connectivity index (χ0) is 10.2. The van der Waals surface area contributed by atoms with Crippen molar-refractivity contribution in [3.8, 4) is 0 Å². The number of amides is 2. The van der Waals surface area contributed by atoms with Crippen molar-refractivity contribution in [2.75, 3.05) is 13.1 Å². The van der Waals surface area contributed by atoms with Gasteiger partial charge in [0.15, 0.2) is 0 Å². The molecule has 0 radical (unpaired) electrons. The molecular weight excluding hydrogens is 184 g/mol. The third kappa shape index (κ3) is 1.15. The van der Waals surface area contributed by atoms with Crippen LogP contribution in [0.5, 0.6) is 0 Å². The Balaban J connectivity index is 2.26. The topological polar surface area (TPSA) is 69.6 Å². The van der Waals surface area contributed by atoms with Gasteiger partial charge in [-0.2, -0.15) is 0 Å². The van der Waals surface area contributed by atoms with Gasteiger partial charge in [-0.05, 0) is 12.8 Å². The number of carboxylic acid groups (broad SMARTS) is 1. The second kappa shape index (κ2) is 3.15. The van der Waals surface area contributed by atoms with Gasteiger partial charge in [0.2, 0.25) is 0 Å². The van der Waals surface area contributed by atoms with Gasteiger partial charge in [0.1, 0.15) is 5.54 Å². The number of rotatable bonds is 2. The zero-order valence-electron chi connectivity index (χ0n) is 7.95. The van der Waals surface area contributed by atoms with Gasteiger partial charge in [-0.1, -0.05) is 12.8 Å². The average Bonchev–Trinajstić information content (AvgIpc) is 2.72. The van der Waals surface area contributed by atoms with Crippen LogP contribution in [0.25, 0.3) is 0 Å². The summed E-state index contributed by atoms with van der Waals surface area (Å²) in [5.41, 5.74) is -0.916. The van der Waals surface area contributed by atoms with Crippen LogP contribution in [0.1, 0.15) is 25.7 Å². The first kappa shape index (κ1) is 9.30. The predicted molar refractivity (Wildman–Crippen MR) is 48.9 cm³/mol. The molecule has 1 aliphatic heterocycles. The van der Waals surface area contributed by atoms with Crippen LogP contribution in [0.4, 0.5) is 4.79 Å². The van der Waals surface area contributed by atoms with Crippen LogP contribution in [0.2, 0.25) is 0 Å². The SMILES string of the molecule is O=C1NCCN1C1(C(=O)O)CCCC1. The van der Waals surface area contributed by atoms with Gasteiger partial charge in [0, 0.05) is 13.1 Å². The van der Waals surface area contributed by atoms with E-state index >= 15 is 0 Å². The van der Waals surface area contributed by atoms with Gasteiger partial charge in [0.25, 0.3) is 0 Å². The molecule has 0 spiro atoms. The van der Waals surface area contributed by atoms with E-state index in [4.69, 9.17) is 0 Å². The van der Waals surface area contributed by atoms with Crippen molar-refractivity contribution in [1.29, 1.82) is 0 Å². The number of hydrogen-bond acceptors (Lipinski definition) is 2. The molecule has 0 aromatic carbocycles. The molecule has 78 valence electrons. The summed E-state index contributed by atoms with van der Waals surface area (Å²) in [6.45, 7) is 1.08. The predicted octanol–water partition coefficient (Wildman–Crippen LogP) is 0.409. The highest BCUT2D eigenvalue weighted by Gasteiger charge is 2.49. The molecule has 2 fully saturated rings. The molecule has 14 heavy (non-hydrogen) atoms. The Morgan fingerprint density at radius 3 is 2.50 bits per heavy atom. The summed E-state index contributed by atoms with van der Waals surface area (Å²) >= 11 is 0. The summed E-state index contributed by atoms with van der Waals surface area (Å²) in [4.78, 5) is 24.1. The largest absolute Gasteiger partial charge is 0.479 e. The number of nitrogens with zero attached hydrogens (tertiary/aromatic N) is 1. The van der Waals surface area contributed by atoms with E-state index in [1.54, 1.807) is 0 Å². The number of nitrogens with one attached hydrogen (secondary N) is 1. The molecule has 1 aliphatic carbocycles. The van der Waals surface area contributed by atoms with Gasteiger partial charge in [-0.25, -0.2) is 9.59 Å². The molecule has 2 rings (SSSR count). The van der Waals surface area contributed by atoms with Crippen LogP contribution in [-0.4, -0.2) is 40.6 Å². The van der Waals surface area contributed by atoms with E-state index < -0.39 is 11.5 Å². The van der Waals surface area contributed by atoms with E-state index in [0.29, 0.717) is 25.9 Å². The monoisotopic (exact) mass is 198 g/mol. The van der Waals surface area contributed by atoms with E-state index in [1.807, 2.05) is 0 Å². The molecule has 1 heterocycles. The smallest absolute Gasteiger partial charge is 0.329 e. The fourth-order valence-electron chi connectivity index (χ4n) is 2.44. The van der Waals surface area contributed by atoms with Gasteiger partial charge in [-0.3, -0.25) is 0 Å². The molecule has 0 aromatic heterocycles. The van der Waals surface area contributed by atoms with Crippen LogP contribution in [-0.2, 0) is 4.79 Å². The van der Waals surface area contributed by atoms with Crippen molar-refractivity contribution in [1.82, 2.24) is 10.2 Å². The lowest BCUT2D eigenvalue weighted by atomic mass is 9.96. The average molecular weight is 198 g/mol. The molecule has 0 aromatic rings. The van der Waals surface area contributed by atoms with Crippen LogP contribution >= 0.6 is 0 Å². The second-order valence-electron chi connectivity index (χ2n) is 3.93. The standard InChI is InChI=1S/C9H14N2O3/c12-7(13)9(3-1-2-4-9)11-6-5-10-8(11)14/h1-6H2,(H,10,14)(H,12,13). The van der Waals surface area contributed by atoms with Crippen LogP contribution in [0.3, 0.4) is 0 Å². The fraction of sp³-hybridized carbons (Fsp3) is 0.778. The van der Waals surface area contributed by atoms with Crippen molar-refractivity contribution in [3.05, 3.63) is 0 Å². The molecule has 1 saturated carbocycles. The molecule has 2 amide bonds. The van der Waals surface area contributed by atoms with Crippen LogP contribution in [0, 0.1) is 0 Å². The molecule has 0 unspecified atom stereocenters. The van der Waals surface area contributed by atoms with E-state index in [0.717, 1.165) is 12.8 Å². The van der Waals surface area contributed by atoms with Crippen molar-refractivity contribution in [3.63, 3.8) is 0 Å². The molecule has 5 nitrogen and oxygen atoms in total. The Kier molecular flexibility index (Phi) is 2.09. The Morgan fingerprint density at radius 2 is 2.07 bits per heavy atom. The maximum atomic E-state index is 11.4. The molecule has 1 saturated heterocycles. The summed E-state index contributed by atoms with van der Waals surface area (Å²) in [5.74, 6) is -0.855. The molecule has 2 aliphatic rings. The first-order valence-corrected chi connectivity index (χ1v) is 4.96. The van der Waals surface area contributed by atoms with Crippen molar-refractivity contribution in [2.24, 2.45) is 0 Å². The van der Waals surface area contributed by atoms with Crippen LogP contribution < -0.4 is 5.32 Å². The van der Waals surface area contributed by atoms with E-state index in [1.165, 1.54) is 4.90 Å². The van der Waals surface area contributed by atoms with Gasteiger partial charge in [0.05, 0.1) is 0 Å². The number of aliphatic carboxylic acids is 1. The fourth-order valence-corrected chi connectivity index (χ4v) is 2.44. The third-order valence-corrected chi connectivity index (χ3v) is 3.20. The second-order valence-corrected chi connectivity index (χ2v) is 3.93. The van der Waals surface area contributed by atoms with Crippen molar-refractivity contribution >= 4 is 12.0 Å². The summed E-state index contributed by atoms with van der Waals surface area (Å²) in [6, 6.07) is -0.227. The van der Waals surface area contributed by atoms with Crippen molar-refractivity contribution in [2.45, 2.75) is 31.2 Å². The van der Waals surface area contributed by atoms with Crippen molar-refractivity contribution < 1.29 is 14.7 Å². The maximum absolute atomic E-state index is 11.4. The highest BCUT2D eigenvalue weighted by atomic mass is 16.4. The van der Waals surface area contributed by atoms with E-state index in [2.05, 4.69) is 5.32 Å². The minimum absolute atomic E-state index is 0.227. The Morgan fingerprint density at radius 1 is 1.43 bits per heavy atom. The van der Waals surface area contributed by atoms with Gasteiger partial charge >= 0.3 is 12.0 Å². The minimum atomic E-state index is -0.916. The lowest BCUT2D eigenvalue weighted by Crippen LogP contribution is -2.54. The quantitative estimate of drug-likeness (QED) is 0.675. The maximum Gasteiger partial charge on any atom is 0.329 e. The highest BCUT2D eigenvalue weighted by Crippen LogP contribution is 2.36. The number of carbonyl (C=O) groups is 2. The first-order chi connectivity index (χ1) is 6.67. The number of carboxylic acids is 1. The Labute approximate surface area is 82.1 Å². The third-order valence-electron chi connectivity index (χ3n) is 3.20. The van der Waals surface area contributed by atoms with Crippen LogP contribution in [0.15, 0.2) is 0 Å². The summed E-state index contributed by atoms with van der Waals surface area (Å²) in [5, 5.41) is 11.9. The molecular formula is C9H14N2O3. The molecule has 2 N–H and O–H groups in total. The van der Waals surface area contributed by atoms with E-state index in [-0.39, 0.29) is 6.03 Å². The lowest BCUT2D eigenvalue weighted by molar-refractivity contribution is -0.148. The summed E-state index contributed by atoms with van der Waals surface area (Å²) in [6.07, 6.45) is 2.98. The Hall–Kier alpha value is -1.26. The zero-order valence-corrected chi connectivity index (χ0v) is 7.95. The Bertz CT molecular complexity index is 271. The number of urea groups is 1. The molecule has 0 atom stereocenters. The summed E-state index contributed by atoms with van der Waals surface area (Å²) in [7, 11) is 0. The first-order valence-electron chi connectivity index (χ1n) is 4.96. The number of carbonyl (C=O) groups excluding carboxylic acids is 1. The molecule has 5 heteroatoms. The van der Waals surface area contributed by atoms with Gasteiger partial charge < -0.3 is 15.3 Å². The number of hydrogen-bond donors (Lipinski definition) is 2. The lowest BCUT2D eigenvalue weighted by Gasteiger charge is -2.33. The van der Waals surface area contributed by atoms with Gasteiger partial charge in [-0.15, -0.1) is 0 Å². The minimum Gasteiger partial charge on any atom is -0.479 e. The molecule has 0 bridgehead atoms. The highest BCUT2D eigenvalue weighted by molar-refractivity contribution is 5.87.